The molecule has 21 heavy (non-hydrogen) atoms. The standard InChI is InChI=1S/C16H28N4O/c1-15(2,3)12-9-18-13(21-12)10-19-14(17-6)20-8-7-16(4,5)11-20/h9H,7-8,10-11H2,1-6H3,(H,17,19). The molecule has 1 aromatic rings. The minimum atomic E-state index is -0.00803. The summed E-state index contributed by atoms with van der Waals surface area (Å²) < 4.78 is 5.80. The average molecular weight is 292 g/mol. The lowest BCUT2D eigenvalue weighted by atomic mass is 9.93. The van der Waals surface area contributed by atoms with Crippen molar-refractivity contribution in [2.75, 3.05) is 20.1 Å². The van der Waals surface area contributed by atoms with Gasteiger partial charge in [-0.2, -0.15) is 0 Å². The van der Waals surface area contributed by atoms with E-state index in [0.29, 0.717) is 17.9 Å². The third kappa shape index (κ3) is 3.99. The fourth-order valence-corrected chi connectivity index (χ4v) is 2.52. The normalized spacial score (nSPS) is 19.1. The van der Waals surface area contributed by atoms with Gasteiger partial charge in [0, 0.05) is 25.6 Å². The molecule has 0 aromatic carbocycles. The number of rotatable bonds is 2. The van der Waals surface area contributed by atoms with Crippen molar-refractivity contribution in [3.63, 3.8) is 0 Å². The quantitative estimate of drug-likeness (QED) is 0.672. The molecule has 118 valence electrons. The van der Waals surface area contributed by atoms with Crippen LogP contribution in [0.2, 0.25) is 0 Å². The highest BCUT2D eigenvalue weighted by molar-refractivity contribution is 5.80. The summed E-state index contributed by atoms with van der Waals surface area (Å²) in [5.41, 5.74) is 0.353. The third-order valence-corrected chi connectivity index (χ3v) is 3.88. The molecule has 0 spiro atoms. The zero-order valence-electron chi connectivity index (χ0n) is 14.2. The van der Waals surface area contributed by atoms with Gasteiger partial charge < -0.3 is 14.6 Å². The molecule has 1 aliphatic rings. The van der Waals surface area contributed by atoms with Crippen LogP contribution in [0, 0.1) is 5.41 Å². The lowest BCUT2D eigenvalue weighted by Crippen LogP contribution is -2.40. The summed E-state index contributed by atoms with van der Waals surface area (Å²) in [5, 5.41) is 3.35. The van der Waals surface area contributed by atoms with E-state index in [1.165, 1.54) is 6.42 Å². The van der Waals surface area contributed by atoms with Crippen LogP contribution in [0.25, 0.3) is 0 Å². The zero-order valence-corrected chi connectivity index (χ0v) is 14.2. The third-order valence-electron chi connectivity index (χ3n) is 3.88. The van der Waals surface area contributed by atoms with Gasteiger partial charge in [-0.05, 0) is 11.8 Å². The topological polar surface area (TPSA) is 53.7 Å². The van der Waals surface area contributed by atoms with E-state index in [-0.39, 0.29) is 5.41 Å². The van der Waals surface area contributed by atoms with Gasteiger partial charge in [0.05, 0.1) is 12.7 Å². The Kier molecular flexibility index (Phi) is 4.30. The number of likely N-dealkylation sites (tertiary alicyclic amines) is 1. The van der Waals surface area contributed by atoms with E-state index >= 15 is 0 Å². The number of guanidine groups is 1. The summed E-state index contributed by atoms with van der Waals surface area (Å²) in [6, 6.07) is 0. The number of oxazole rings is 1. The maximum atomic E-state index is 5.80. The molecule has 1 saturated heterocycles. The molecule has 5 heteroatoms. The second-order valence-corrected chi connectivity index (χ2v) is 7.60. The predicted molar refractivity (Wildman–Crippen MR) is 85.4 cm³/mol. The van der Waals surface area contributed by atoms with E-state index in [0.717, 1.165) is 24.8 Å². The minimum Gasteiger partial charge on any atom is -0.443 e. The van der Waals surface area contributed by atoms with Gasteiger partial charge in [-0.3, -0.25) is 4.99 Å². The van der Waals surface area contributed by atoms with Gasteiger partial charge in [-0.1, -0.05) is 34.6 Å². The van der Waals surface area contributed by atoms with Crippen LogP contribution in [0.4, 0.5) is 0 Å². The average Bonchev–Trinajstić information content (AvgIpc) is 2.96. The zero-order chi connectivity index (χ0) is 15.7. The van der Waals surface area contributed by atoms with Crippen molar-refractivity contribution >= 4 is 5.96 Å². The van der Waals surface area contributed by atoms with Crippen LogP contribution in [0.15, 0.2) is 15.6 Å². The van der Waals surface area contributed by atoms with Gasteiger partial charge in [0.15, 0.2) is 5.96 Å². The first-order chi connectivity index (χ1) is 9.71. The van der Waals surface area contributed by atoms with Gasteiger partial charge in [0.2, 0.25) is 5.89 Å². The Morgan fingerprint density at radius 3 is 2.67 bits per heavy atom. The molecular formula is C16H28N4O. The number of nitrogens with one attached hydrogen (secondary N) is 1. The van der Waals surface area contributed by atoms with Gasteiger partial charge in [-0.15, -0.1) is 0 Å². The van der Waals surface area contributed by atoms with Gasteiger partial charge in [-0.25, -0.2) is 4.98 Å². The SMILES string of the molecule is CN=C(NCc1ncc(C(C)(C)C)o1)N1CCC(C)(C)C1. The second-order valence-electron chi connectivity index (χ2n) is 7.60. The van der Waals surface area contributed by atoms with Crippen LogP contribution in [0.3, 0.4) is 0 Å². The monoisotopic (exact) mass is 292 g/mol. The van der Waals surface area contributed by atoms with E-state index in [1.54, 1.807) is 0 Å². The fraction of sp³-hybridized carbons (Fsp3) is 0.750. The smallest absolute Gasteiger partial charge is 0.213 e. The Morgan fingerprint density at radius 2 is 2.19 bits per heavy atom. The first-order valence-corrected chi connectivity index (χ1v) is 7.62. The molecule has 0 bridgehead atoms. The maximum absolute atomic E-state index is 5.80. The molecule has 0 aliphatic carbocycles. The van der Waals surface area contributed by atoms with Crippen LogP contribution in [-0.4, -0.2) is 36.0 Å². The van der Waals surface area contributed by atoms with E-state index in [9.17, 15) is 0 Å². The van der Waals surface area contributed by atoms with Crippen LogP contribution in [0.1, 0.15) is 52.7 Å². The van der Waals surface area contributed by atoms with Crippen LogP contribution in [-0.2, 0) is 12.0 Å². The first kappa shape index (κ1) is 15.9. The van der Waals surface area contributed by atoms with Crippen molar-refractivity contribution in [1.29, 1.82) is 0 Å². The number of aliphatic imine (C=N–C) groups is 1. The van der Waals surface area contributed by atoms with Crippen molar-refractivity contribution in [3.8, 4) is 0 Å². The molecule has 1 aliphatic heterocycles. The van der Waals surface area contributed by atoms with Crippen molar-refractivity contribution in [3.05, 3.63) is 17.8 Å². The maximum Gasteiger partial charge on any atom is 0.213 e. The van der Waals surface area contributed by atoms with Crippen molar-refractivity contribution in [2.24, 2.45) is 10.4 Å². The molecule has 0 amide bonds. The minimum absolute atomic E-state index is 0.00803. The lowest BCUT2D eigenvalue weighted by Gasteiger charge is -2.23. The molecule has 1 N–H and O–H groups in total. The second kappa shape index (κ2) is 5.70. The first-order valence-electron chi connectivity index (χ1n) is 7.62. The van der Waals surface area contributed by atoms with E-state index < -0.39 is 0 Å². The molecule has 5 nitrogen and oxygen atoms in total. The summed E-state index contributed by atoms with van der Waals surface area (Å²) in [6.45, 7) is 13.6. The van der Waals surface area contributed by atoms with Crippen LogP contribution in [0.5, 0.6) is 0 Å². The Morgan fingerprint density at radius 1 is 1.48 bits per heavy atom. The fourth-order valence-electron chi connectivity index (χ4n) is 2.52. The molecular weight excluding hydrogens is 264 g/mol. The molecule has 0 saturated carbocycles. The highest BCUT2D eigenvalue weighted by atomic mass is 16.4. The highest BCUT2D eigenvalue weighted by Gasteiger charge is 2.31. The van der Waals surface area contributed by atoms with E-state index in [2.05, 4.69) is 54.8 Å². The molecule has 1 fully saturated rings. The number of hydrogen-bond donors (Lipinski definition) is 1. The molecule has 0 radical (unpaired) electrons. The van der Waals surface area contributed by atoms with Gasteiger partial charge in [0.25, 0.3) is 0 Å². The molecule has 0 unspecified atom stereocenters. The van der Waals surface area contributed by atoms with Crippen LogP contribution >= 0.6 is 0 Å². The summed E-state index contributed by atoms with van der Waals surface area (Å²) in [7, 11) is 1.82. The summed E-state index contributed by atoms with van der Waals surface area (Å²) >= 11 is 0. The number of nitrogens with zero attached hydrogens (tertiary/aromatic N) is 3. The van der Waals surface area contributed by atoms with E-state index in [1.807, 2.05) is 13.2 Å². The molecule has 1 aromatic heterocycles. The largest absolute Gasteiger partial charge is 0.443 e. The lowest BCUT2D eigenvalue weighted by molar-refractivity contribution is 0.363. The Bertz CT molecular complexity index is 511. The highest BCUT2D eigenvalue weighted by Crippen LogP contribution is 2.28. The van der Waals surface area contributed by atoms with Crippen molar-refractivity contribution in [2.45, 2.75) is 53.0 Å². The van der Waals surface area contributed by atoms with Gasteiger partial charge in [0.1, 0.15) is 5.76 Å². The van der Waals surface area contributed by atoms with E-state index in [4.69, 9.17) is 4.42 Å². The summed E-state index contributed by atoms with van der Waals surface area (Å²) in [4.78, 5) is 11.0. The Hall–Kier alpha value is -1.52. The van der Waals surface area contributed by atoms with Crippen molar-refractivity contribution in [1.82, 2.24) is 15.2 Å². The summed E-state index contributed by atoms with van der Waals surface area (Å²) in [6.07, 6.45) is 3.01. The number of aromatic nitrogens is 1. The summed E-state index contributed by atoms with van der Waals surface area (Å²) in [5.74, 6) is 2.55. The molecule has 0 atom stereocenters. The Balaban J connectivity index is 1.94. The van der Waals surface area contributed by atoms with Crippen molar-refractivity contribution < 1.29 is 4.42 Å². The Labute approximate surface area is 127 Å². The molecule has 2 heterocycles. The number of hydrogen-bond acceptors (Lipinski definition) is 3. The van der Waals surface area contributed by atoms with Gasteiger partial charge >= 0.3 is 0 Å². The predicted octanol–water partition coefficient (Wildman–Crippen LogP) is 2.78. The van der Waals surface area contributed by atoms with Crippen LogP contribution < -0.4 is 5.32 Å². The molecule has 2 rings (SSSR count).